The van der Waals surface area contributed by atoms with E-state index < -0.39 is 0 Å². The summed E-state index contributed by atoms with van der Waals surface area (Å²) in [7, 11) is 1.68. The Hall–Kier alpha value is -4.20. The van der Waals surface area contributed by atoms with Gasteiger partial charge in [0.05, 0.1) is 13.2 Å². The van der Waals surface area contributed by atoms with E-state index in [0.29, 0.717) is 30.2 Å². The van der Waals surface area contributed by atoms with Gasteiger partial charge in [0.15, 0.2) is 6.79 Å². The van der Waals surface area contributed by atoms with E-state index in [2.05, 4.69) is 35.6 Å². The largest absolute Gasteiger partial charge is 0.467 e. The number of hydrogen-bond donors (Lipinski definition) is 1. The summed E-state index contributed by atoms with van der Waals surface area (Å²) in [6, 6.07) is 25.6. The molecule has 0 unspecified atom stereocenters. The molecule has 238 valence electrons. The number of benzene rings is 4. The van der Waals surface area contributed by atoms with Crippen molar-refractivity contribution >= 4 is 28.3 Å². The SMILES string of the molecule is COCCOCOc1cc2ccc(-c3ccc(C(=O)Nc4ccc(OC(C)=O)cc4)cc3)cc2cc1C12CC3CC(CC(C3)C1)C2. The Labute approximate surface area is 270 Å². The first-order chi connectivity index (χ1) is 22.4. The van der Waals surface area contributed by atoms with E-state index in [4.69, 9.17) is 18.9 Å². The van der Waals surface area contributed by atoms with E-state index in [-0.39, 0.29) is 24.1 Å². The average Bonchev–Trinajstić information content (AvgIpc) is 3.04. The molecule has 4 aromatic rings. The number of hydrogen-bond acceptors (Lipinski definition) is 6. The lowest BCUT2D eigenvalue weighted by molar-refractivity contribution is -0.131. The third kappa shape index (κ3) is 6.39. The normalized spacial score (nSPS) is 23.0. The van der Waals surface area contributed by atoms with Crippen LogP contribution < -0.4 is 14.8 Å². The van der Waals surface area contributed by atoms with E-state index in [9.17, 15) is 9.59 Å². The van der Waals surface area contributed by atoms with Gasteiger partial charge in [-0.05, 0) is 138 Å². The van der Waals surface area contributed by atoms with Gasteiger partial charge in [0.2, 0.25) is 0 Å². The van der Waals surface area contributed by atoms with Gasteiger partial charge in [-0.1, -0.05) is 24.3 Å². The molecule has 7 heteroatoms. The number of nitrogens with one attached hydrogen (secondary N) is 1. The molecule has 0 aromatic heterocycles. The maximum atomic E-state index is 12.9. The lowest BCUT2D eigenvalue weighted by Gasteiger charge is -2.57. The van der Waals surface area contributed by atoms with Crippen LogP contribution in [0.2, 0.25) is 0 Å². The van der Waals surface area contributed by atoms with Crippen LogP contribution in [-0.4, -0.2) is 39.0 Å². The minimum Gasteiger partial charge on any atom is -0.467 e. The van der Waals surface area contributed by atoms with Crippen molar-refractivity contribution in [1.29, 1.82) is 0 Å². The first-order valence-electron chi connectivity index (χ1n) is 16.4. The van der Waals surface area contributed by atoms with E-state index in [1.807, 2.05) is 24.3 Å². The van der Waals surface area contributed by atoms with E-state index in [1.165, 1.54) is 56.4 Å². The predicted molar refractivity (Wildman–Crippen MR) is 178 cm³/mol. The summed E-state index contributed by atoms with van der Waals surface area (Å²) in [4.78, 5) is 24.1. The molecule has 0 saturated heterocycles. The monoisotopic (exact) mass is 619 g/mol. The summed E-state index contributed by atoms with van der Waals surface area (Å²) in [5, 5.41) is 5.25. The van der Waals surface area contributed by atoms with E-state index in [1.54, 1.807) is 31.4 Å². The Morgan fingerprint density at radius 3 is 2.11 bits per heavy atom. The van der Waals surface area contributed by atoms with Crippen molar-refractivity contribution in [1.82, 2.24) is 0 Å². The second-order valence-corrected chi connectivity index (χ2v) is 13.4. The van der Waals surface area contributed by atoms with Crippen molar-refractivity contribution in [3.63, 3.8) is 0 Å². The first-order valence-corrected chi connectivity index (χ1v) is 16.4. The summed E-state index contributed by atoms with van der Waals surface area (Å²) in [6.45, 7) is 2.62. The van der Waals surface area contributed by atoms with Gasteiger partial charge in [-0.3, -0.25) is 9.59 Å². The second-order valence-electron chi connectivity index (χ2n) is 13.4. The zero-order chi connectivity index (χ0) is 31.7. The highest BCUT2D eigenvalue weighted by Crippen LogP contribution is 2.62. The lowest BCUT2D eigenvalue weighted by Crippen LogP contribution is -2.48. The van der Waals surface area contributed by atoms with Crippen LogP contribution in [0.4, 0.5) is 5.69 Å². The molecule has 4 saturated carbocycles. The minimum absolute atomic E-state index is 0.177. The maximum absolute atomic E-state index is 12.9. The van der Waals surface area contributed by atoms with Gasteiger partial charge >= 0.3 is 5.97 Å². The van der Waals surface area contributed by atoms with Crippen molar-refractivity contribution in [2.75, 3.05) is 32.4 Å². The Morgan fingerprint density at radius 1 is 0.783 bits per heavy atom. The maximum Gasteiger partial charge on any atom is 0.308 e. The number of esters is 1. The third-order valence-corrected chi connectivity index (χ3v) is 10.1. The fraction of sp³-hybridized carbons (Fsp3) is 0.385. The van der Waals surface area contributed by atoms with Gasteiger partial charge in [-0.15, -0.1) is 0 Å². The van der Waals surface area contributed by atoms with Crippen molar-refractivity contribution < 1.29 is 28.5 Å². The second kappa shape index (κ2) is 12.9. The summed E-state index contributed by atoms with van der Waals surface area (Å²) in [6.07, 6.45) is 7.94. The molecular weight excluding hydrogens is 578 g/mol. The molecule has 4 fully saturated rings. The molecule has 0 aliphatic heterocycles. The molecule has 0 spiro atoms. The highest BCUT2D eigenvalue weighted by Gasteiger charge is 2.52. The number of amides is 1. The lowest BCUT2D eigenvalue weighted by atomic mass is 9.48. The molecule has 0 atom stereocenters. The third-order valence-electron chi connectivity index (χ3n) is 10.1. The fourth-order valence-electron chi connectivity index (χ4n) is 8.53. The number of ether oxygens (including phenoxy) is 4. The van der Waals surface area contributed by atoms with Crippen molar-refractivity contribution in [3.8, 4) is 22.6 Å². The molecule has 4 aromatic carbocycles. The molecule has 4 bridgehead atoms. The zero-order valence-corrected chi connectivity index (χ0v) is 26.6. The van der Waals surface area contributed by atoms with E-state index in [0.717, 1.165) is 40.0 Å². The van der Waals surface area contributed by atoms with E-state index >= 15 is 0 Å². The summed E-state index contributed by atoms with van der Waals surface area (Å²) < 4.78 is 22.3. The van der Waals surface area contributed by atoms with Crippen molar-refractivity contribution in [2.24, 2.45) is 17.8 Å². The fourth-order valence-corrected chi connectivity index (χ4v) is 8.53. The smallest absolute Gasteiger partial charge is 0.308 e. The number of carbonyl (C=O) groups is 2. The van der Waals surface area contributed by atoms with Crippen molar-refractivity contribution in [3.05, 3.63) is 90.0 Å². The van der Waals surface area contributed by atoms with Crippen LogP contribution in [0.5, 0.6) is 11.5 Å². The van der Waals surface area contributed by atoms with Gasteiger partial charge in [0.25, 0.3) is 5.91 Å². The summed E-state index contributed by atoms with van der Waals surface area (Å²) in [5.41, 5.74) is 4.86. The van der Waals surface area contributed by atoms with Crippen LogP contribution in [0.1, 0.15) is 61.4 Å². The molecule has 0 radical (unpaired) electrons. The standard InChI is InChI=1S/C39H41NO6/c1-25(41)46-35-11-9-34(10-12-35)40-38(42)30-5-3-29(4-6-30)31-7-8-32-20-37(45-24-44-14-13-43-2)36(19-33(32)18-31)39-21-26-15-27(22-39)17-28(16-26)23-39/h3-12,18-20,26-28H,13-17,21-24H2,1-2H3,(H,40,42). The Kier molecular flexibility index (Phi) is 8.54. The molecular formula is C39H41NO6. The van der Waals surface area contributed by atoms with Crippen LogP contribution in [0.25, 0.3) is 21.9 Å². The molecule has 1 N–H and O–H groups in total. The van der Waals surface area contributed by atoms with Gasteiger partial charge < -0.3 is 24.3 Å². The molecule has 1 amide bonds. The topological polar surface area (TPSA) is 83.1 Å². The Bertz CT molecular complexity index is 1690. The summed E-state index contributed by atoms with van der Waals surface area (Å²) >= 11 is 0. The number of rotatable bonds is 11. The highest BCUT2D eigenvalue weighted by atomic mass is 16.7. The first kappa shape index (κ1) is 30.5. The number of methoxy groups -OCH3 is 1. The number of carbonyl (C=O) groups excluding carboxylic acids is 2. The molecule has 4 aliphatic rings. The summed E-state index contributed by atoms with van der Waals surface area (Å²) in [5.74, 6) is 3.29. The molecule has 8 rings (SSSR count). The molecule has 7 nitrogen and oxygen atoms in total. The highest BCUT2D eigenvalue weighted by molar-refractivity contribution is 6.04. The molecule has 0 heterocycles. The van der Waals surface area contributed by atoms with Crippen LogP contribution >= 0.6 is 0 Å². The van der Waals surface area contributed by atoms with Gasteiger partial charge in [0, 0.05) is 30.8 Å². The van der Waals surface area contributed by atoms with Gasteiger partial charge in [0.1, 0.15) is 11.5 Å². The van der Waals surface area contributed by atoms with Gasteiger partial charge in [-0.2, -0.15) is 0 Å². The Balaban J connectivity index is 1.13. The zero-order valence-electron chi connectivity index (χ0n) is 26.6. The van der Waals surface area contributed by atoms with Crippen LogP contribution in [-0.2, 0) is 19.7 Å². The molecule has 46 heavy (non-hydrogen) atoms. The Morgan fingerprint density at radius 2 is 1.46 bits per heavy atom. The predicted octanol–water partition coefficient (Wildman–Crippen LogP) is 8.15. The number of anilines is 1. The number of fused-ring (bicyclic) bond motifs is 1. The quantitative estimate of drug-likeness (QED) is 0.0790. The van der Waals surface area contributed by atoms with Crippen LogP contribution in [0.15, 0.2) is 78.9 Å². The van der Waals surface area contributed by atoms with Crippen LogP contribution in [0.3, 0.4) is 0 Å². The van der Waals surface area contributed by atoms with Crippen molar-refractivity contribution in [2.45, 2.75) is 50.9 Å². The van der Waals surface area contributed by atoms with Crippen LogP contribution in [0, 0.1) is 17.8 Å². The molecule has 4 aliphatic carbocycles. The minimum atomic E-state index is -0.385. The average molecular weight is 620 g/mol. The van der Waals surface area contributed by atoms with Gasteiger partial charge in [-0.25, -0.2) is 0 Å².